The van der Waals surface area contributed by atoms with Crippen LogP contribution < -0.4 is 19.5 Å². The zero-order valence-electron chi connectivity index (χ0n) is 16.7. The second-order valence-electron chi connectivity index (χ2n) is 7.01. The first kappa shape index (κ1) is 20.3. The summed E-state index contributed by atoms with van der Waals surface area (Å²) in [6.07, 6.45) is 2.30. The van der Waals surface area contributed by atoms with Crippen LogP contribution in [0.2, 0.25) is 0 Å². The molecule has 1 saturated heterocycles. The first-order valence-electron chi connectivity index (χ1n) is 9.75. The van der Waals surface area contributed by atoms with Gasteiger partial charge in [0.1, 0.15) is 12.4 Å². The Kier molecular flexibility index (Phi) is 7.39. The number of benzene rings is 2. The highest BCUT2D eigenvalue weighted by Crippen LogP contribution is 2.30. The van der Waals surface area contributed by atoms with Crippen molar-refractivity contribution in [3.8, 4) is 17.2 Å². The molecular formula is C22H30N2O4. The highest BCUT2D eigenvalue weighted by atomic mass is 16.5. The molecule has 0 aliphatic carbocycles. The van der Waals surface area contributed by atoms with Crippen molar-refractivity contribution in [2.45, 2.75) is 25.4 Å². The van der Waals surface area contributed by atoms with Gasteiger partial charge in [-0.15, -0.1) is 0 Å². The lowest BCUT2D eigenvalue weighted by atomic mass is 10.0. The average Bonchev–Trinajstić information content (AvgIpc) is 2.72. The first-order valence-corrected chi connectivity index (χ1v) is 9.75. The van der Waals surface area contributed by atoms with E-state index in [0.29, 0.717) is 12.6 Å². The number of nitrogens with one attached hydrogen (secondary N) is 1. The fraction of sp³-hybridized carbons (Fsp3) is 0.455. The van der Waals surface area contributed by atoms with Gasteiger partial charge >= 0.3 is 0 Å². The number of aliphatic hydroxyl groups is 1. The second-order valence-corrected chi connectivity index (χ2v) is 7.01. The van der Waals surface area contributed by atoms with E-state index in [4.69, 9.17) is 19.3 Å². The normalized spacial score (nSPS) is 17.2. The number of anilines is 1. The molecule has 0 saturated carbocycles. The number of piperidine rings is 1. The number of hydrogen-bond acceptors (Lipinski definition) is 6. The number of likely N-dealkylation sites (tertiary alicyclic amines) is 1. The van der Waals surface area contributed by atoms with E-state index >= 15 is 0 Å². The topological polar surface area (TPSA) is 63.2 Å². The average molecular weight is 386 g/mol. The lowest BCUT2D eigenvalue weighted by molar-refractivity contribution is 0.199. The Morgan fingerprint density at radius 2 is 1.96 bits per heavy atom. The molecular weight excluding hydrogens is 356 g/mol. The van der Waals surface area contributed by atoms with Gasteiger partial charge in [0.25, 0.3) is 0 Å². The summed E-state index contributed by atoms with van der Waals surface area (Å²) in [7, 11) is 3.30. The van der Waals surface area contributed by atoms with E-state index < -0.39 is 0 Å². The summed E-state index contributed by atoms with van der Waals surface area (Å²) in [5, 5.41) is 12.5. The van der Waals surface area contributed by atoms with Crippen LogP contribution in [-0.2, 0) is 6.54 Å². The highest BCUT2D eigenvalue weighted by Gasteiger charge is 2.20. The largest absolute Gasteiger partial charge is 0.493 e. The maximum atomic E-state index is 8.92. The number of ether oxygens (including phenoxy) is 3. The van der Waals surface area contributed by atoms with Crippen LogP contribution in [-0.4, -0.2) is 56.6 Å². The van der Waals surface area contributed by atoms with Crippen molar-refractivity contribution in [3.63, 3.8) is 0 Å². The molecule has 2 aromatic rings. The van der Waals surface area contributed by atoms with Crippen molar-refractivity contribution in [1.29, 1.82) is 0 Å². The Bertz CT molecular complexity index is 753. The van der Waals surface area contributed by atoms with Crippen LogP contribution >= 0.6 is 0 Å². The third-order valence-corrected chi connectivity index (χ3v) is 4.92. The molecule has 2 aromatic carbocycles. The number of methoxy groups -OCH3 is 2. The number of nitrogens with zero attached hydrogens (tertiary/aromatic N) is 1. The van der Waals surface area contributed by atoms with Gasteiger partial charge in [0.05, 0.1) is 20.8 Å². The van der Waals surface area contributed by atoms with Crippen molar-refractivity contribution in [1.82, 2.24) is 4.90 Å². The van der Waals surface area contributed by atoms with Crippen LogP contribution in [0, 0.1) is 0 Å². The van der Waals surface area contributed by atoms with Crippen molar-refractivity contribution in [3.05, 3.63) is 48.0 Å². The highest BCUT2D eigenvalue weighted by molar-refractivity contribution is 5.55. The van der Waals surface area contributed by atoms with Crippen LogP contribution in [0.3, 0.4) is 0 Å². The maximum absolute atomic E-state index is 8.92. The summed E-state index contributed by atoms with van der Waals surface area (Å²) in [4.78, 5) is 2.47. The van der Waals surface area contributed by atoms with Crippen LogP contribution in [0.5, 0.6) is 17.2 Å². The van der Waals surface area contributed by atoms with E-state index in [-0.39, 0.29) is 6.61 Å². The van der Waals surface area contributed by atoms with Crippen LogP contribution in [0.15, 0.2) is 42.5 Å². The molecule has 1 aliphatic rings. The third kappa shape index (κ3) is 5.53. The number of hydrogen-bond donors (Lipinski definition) is 2. The summed E-state index contributed by atoms with van der Waals surface area (Å²) in [6, 6.07) is 14.4. The van der Waals surface area contributed by atoms with Crippen LogP contribution in [0.1, 0.15) is 18.4 Å². The quantitative estimate of drug-likeness (QED) is 0.690. The molecule has 6 heteroatoms. The number of rotatable bonds is 9. The Morgan fingerprint density at radius 1 is 1.11 bits per heavy atom. The standard InChI is InChI=1S/C22H30N2O4/c1-26-21-9-8-18(14-22(21)27-2)23-19-6-4-10-24(16-19)15-17-5-3-7-20(13-17)28-12-11-25/h3,5,7-9,13-14,19,23,25H,4,6,10-12,15-16H2,1-2H3/t19-/m1/s1. The zero-order chi connectivity index (χ0) is 19.8. The molecule has 1 fully saturated rings. The van der Waals surface area contributed by atoms with Crippen molar-refractivity contribution < 1.29 is 19.3 Å². The monoisotopic (exact) mass is 386 g/mol. The molecule has 0 aromatic heterocycles. The molecule has 2 N–H and O–H groups in total. The van der Waals surface area contributed by atoms with Gasteiger partial charge in [-0.3, -0.25) is 4.90 Å². The first-order chi connectivity index (χ1) is 13.7. The molecule has 6 nitrogen and oxygen atoms in total. The lowest BCUT2D eigenvalue weighted by Crippen LogP contribution is -2.41. The minimum absolute atomic E-state index is 0.0276. The summed E-state index contributed by atoms with van der Waals surface area (Å²) < 4.78 is 16.2. The zero-order valence-corrected chi connectivity index (χ0v) is 16.7. The van der Waals surface area contributed by atoms with Gasteiger partial charge in [0.2, 0.25) is 0 Å². The molecule has 0 spiro atoms. The molecule has 0 amide bonds. The summed E-state index contributed by atoms with van der Waals surface area (Å²) >= 11 is 0. The molecule has 3 rings (SSSR count). The maximum Gasteiger partial charge on any atom is 0.162 e. The Morgan fingerprint density at radius 3 is 2.75 bits per heavy atom. The number of aliphatic hydroxyl groups excluding tert-OH is 1. The molecule has 152 valence electrons. The van der Waals surface area contributed by atoms with Crippen molar-refractivity contribution in [2.24, 2.45) is 0 Å². The van der Waals surface area contributed by atoms with Crippen molar-refractivity contribution >= 4 is 5.69 Å². The summed E-state index contributed by atoms with van der Waals surface area (Å²) in [6.45, 7) is 3.31. The van der Waals surface area contributed by atoms with E-state index in [1.165, 1.54) is 5.56 Å². The third-order valence-electron chi connectivity index (χ3n) is 4.92. The summed E-state index contributed by atoms with van der Waals surface area (Å²) in [5.41, 5.74) is 2.27. The van der Waals surface area contributed by atoms with E-state index in [9.17, 15) is 0 Å². The van der Waals surface area contributed by atoms with Gasteiger partial charge in [-0.05, 0) is 49.2 Å². The van der Waals surface area contributed by atoms with Gasteiger partial charge in [-0.2, -0.15) is 0 Å². The molecule has 1 heterocycles. The minimum atomic E-state index is 0.0276. The van der Waals surface area contributed by atoms with Gasteiger partial charge in [-0.1, -0.05) is 12.1 Å². The molecule has 1 atom stereocenters. The Hall–Kier alpha value is -2.44. The smallest absolute Gasteiger partial charge is 0.162 e. The van der Waals surface area contributed by atoms with Crippen LogP contribution in [0.25, 0.3) is 0 Å². The fourth-order valence-corrected chi connectivity index (χ4v) is 3.63. The minimum Gasteiger partial charge on any atom is -0.493 e. The van der Waals surface area contributed by atoms with E-state index in [2.05, 4.69) is 22.3 Å². The molecule has 0 bridgehead atoms. The fourth-order valence-electron chi connectivity index (χ4n) is 3.63. The van der Waals surface area contributed by atoms with E-state index in [0.717, 1.165) is 55.4 Å². The van der Waals surface area contributed by atoms with Crippen molar-refractivity contribution in [2.75, 3.05) is 45.8 Å². The van der Waals surface area contributed by atoms with Gasteiger partial charge in [0, 0.05) is 30.9 Å². The molecule has 28 heavy (non-hydrogen) atoms. The second kappa shape index (κ2) is 10.2. The summed E-state index contributed by atoms with van der Waals surface area (Å²) in [5.74, 6) is 2.28. The Balaban J connectivity index is 1.58. The lowest BCUT2D eigenvalue weighted by Gasteiger charge is -2.33. The molecule has 1 aliphatic heterocycles. The van der Waals surface area contributed by atoms with Gasteiger partial charge in [-0.25, -0.2) is 0 Å². The molecule has 0 unspecified atom stereocenters. The van der Waals surface area contributed by atoms with Gasteiger partial charge in [0.15, 0.2) is 11.5 Å². The Labute approximate surface area is 167 Å². The molecule has 0 radical (unpaired) electrons. The predicted octanol–water partition coefficient (Wildman–Crippen LogP) is 3.15. The van der Waals surface area contributed by atoms with E-state index in [1.807, 2.05) is 30.3 Å². The van der Waals surface area contributed by atoms with Gasteiger partial charge < -0.3 is 24.6 Å². The van der Waals surface area contributed by atoms with E-state index in [1.54, 1.807) is 14.2 Å². The predicted molar refractivity (Wildman–Crippen MR) is 110 cm³/mol. The van der Waals surface area contributed by atoms with Crippen LogP contribution in [0.4, 0.5) is 5.69 Å². The SMILES string of the molecule is COc1ccc(N[C@@H]2CCCN(Cc3cccc(OCCO)c3)C2)cc1OC.